The zero-order valence-corrected chi connectivity index (χ0v) is 17.4. The summed E-state index contributed by atoms with van der Waals surface area (Å²) in [6, 6.07) is 10.3. The van der Waals surface area contributed by atoms with E-state index in [0.29, 0.717) is 29.2 Å². The summed E-state index contributed by atoms with van der Waals surface area (Å²) in [7, 11) is 0. The van der Waals surface area contributed by atoms with E-state index in [4.69, 9.17) is 11.6 Å². The molecule has 4 aliphatic heterocycles. The Kier molecular flexibility index (Phi) is 3.86. The molecule has 0 saturated carbocycles. The van der Waals surface area contributed by atoms with Gasteiger partial charge in [-0.2, -0.15) is 0 Å². The molecule has 3 amide bonds. The van der Waals surface area contributed by atoms with Gasteiger partial charge in [0, 0.05) is 23.7 Å². The number of benzene rings is 2. The number of halogens is 1. The van der Waals surface area contributed by atoms with Crippen LogP contribution in [0.3, 0.4) is 0 Å². The normalized spacial score (nSPS) is 30.6. The molecule has 162 valence electrons. The minimum atomic E-state index is -1.30. The number of para-hydroxylation sites is 1. The Labute approximate surface area is 187 Å². The molecule has 2 aromatic rings. The third-order valence-electron chi connectivity index (χ3n) is 7.30. The molecule has 4 heterocycles. The SMILES string of the molecule is O=C1[C@@H]2[C@H]3CCCN3[C@@]3(C(=O)Nc4c(Cl)cccc43)[C@@H]2C(=O)N1c1ccc([N+](=O)[O-])cc1. The van der Waals surface area contributed by atoms with Crippen LogP contribution in [0.4, 0.5) is 17.1 Å². The largest absolute Gasteiger partial charge is 0.323 e. The van der Waals surface area contributed by atoms with E-state index in [1.165, 1.54) is 24.3 Å². The number of hydrogen-bond donors (Lipinski definition) is 1. The Morgan fingerprint density at radius 2 is 1.84 bits per heavy atom. The summed E-state index contributed by atoms with van der Waals surface area (Å²) in [4.78, 5) is 54.5. The van der Waals surface area contributed by atoms with Crippen LogP contribution >= 0.6 is 11.6 Å². The van der Waals surface area contributed by atoms with Gasteiger partial charge in [-0.15, -0.1) is 0 Å². The second-order valence-electron chi connectivity index (χ2n) is 8.57. The van der Waals surface area contributed by atoms with Gasteiger partial charge < -0.3 is 5.32 Å². The molecular formula is C22H17ClN4O5. The third-order valence-corrected chi connectivity index (χ3v) is 7.61. The molecule has 0 radical (unpaired) electrons. The van der Waals surface area contributed by atoms with Crippen molar-refractivity contribution in [3.05, 3.63) is 63.2 Å². The lowest BCUT2D eigenvalue weighted by molar-refractivity contribution is -0.384. The average molecular weight is 453 g/mol. The summed E-state index contributed by atoms with van der Waals surface area (Å²) in [5.41, 5.74) is -0.0517. The standard InChI is InChI=1S/C22H17ClN4O5/c23-14-4-1-3-13-18(14)24-21(30)22(13)17-16(15-5-2-10-25(15)22)19(28)26(20(17)29)11-6-8-12(9-7-11)27(31)32/h1,3-4,6-9,15-17H,2,5,10H2,(H,24,30)/t15-,16-,17+,22-/m1/s1. The Morgan fingerprint density at radius 1 is 1.09 bits per heavy atom. The molecule has 1 N–H and O–H groups in total. The van der Waals surface area contributed by atoms with Crippen LogP contribution in [0.1, 0.15) is 18.4 Å². The van der Waals surface area contributed by atoms with Gasteiger partial charge in [-0.05, 0) is 37.6 Å². The number of fused-ring (bicyclic) bond motifs is 7. The highest BCUT2D eigenvalue weighted by atomic mass is 35.5. The number of imide groups is 1. The molecule has 3 saturated heterocycles. The molecule has 4 atom stereocenters. The summed E-state index contributed by atoms with van der Waals surface area (Å²) in [5, 5.41) is 14.2. The fourth-order valence-corrected chi connectivity index (χ4v) is 6.39. The summed E-state index contributed by atoms with van der Waals surface area (Å²) < 4.78 is 0. The number of nitrogens with one attached hydrogen (secondary N) is 1. The van der Waals surface area contributed by atoms with Crippen molar-refractivity contribution in [2.45, 2.75) is 24.4 Å². The van der Waals surface area contributed by atoms with Crippen LogP contribution in [-0.4, -0.2) is 40.1 Å². The first-order chi connectivity index (χ1) is 15.4. The number of rotatable bonds is 2. The maximum Gasteiger partial charge on any atom is 0.269 e. The van der Waals surface area contributed by atoms with Crippen LogP contribution in [0.15, 0.2) is 42.5 Å². The zero-order valence-electron chi connectivity index (χ0n) is 16.7. The minimum absolute atomic E-state index is 0.134. The van der Waals surface area contributed by atoms with E-state index in [-0.39, 0.29) is 29.2 Å². The van der Waals surface area contributed by atoms with Crippen molar-refractivity contribution in [2.75, 3.05) is 16.8 Å². The number of hydrogen-bond acceptors (Lipinski definition) is 6. The van der Waals surface area contributed by atoms with E-state index in [2.05, 4.69) is 5.32 Å². The fourth-order valence-electron chi connectivity index (χ4n) is 6.17. The van der Waals surface area contributed by atoms with Gasteiger partial charge in [0.15, 0.2) is 0 Å². The molecule has 10 heteroatoms. The number of nitro groups is 1. The van der Waals surface area contributed by atoms with Crippen molar-refractivity contribution in [3.8, 4) is 0 Å². The lowest BCUT2D eigenvalue weighted by Gasteiger charge is -2.36. The first-order valence-electron chi connectivity index (χ1n) is 10.4. The van der Waals surface area contributed by atoms with Crippen molar-refractivity contribution < 1.29 is 19.3 Å². The predicted molar refractivity (Wildman–Crippen MR) is 114 cm³/mol. The van der Waals surface area contributed by atoms with E-state index >= 15 is 0 Å². The molecule has 32 heavy (non-hydrogen) atoms. The zero-order chi connectivity index (χ0) is 22.4. The van der Waals surface area contributed by atoms with Crippen LogP contribution in [0.25, 0.3) is 0 Å². The molecule has 2 aromatic carbocycles. The van der Waals surface area contributed by atoms with E-state index < -0.39 is 28.2 Å². The highest BCUT2D eigenvalue weighted by molar-refractivity contribution is 6.35. The van der Waals surface area contributed by atoms with Gasteiger partial charge >= 0.3 is 0 Å². The number of nitrogens with zero attached hydrogens (tertiary/aromatic N) is 3. The average Bonchev–Trinajstić information content (AvgIpc) is 3.47. The number of carbonyl (C=O) groups is 3. The maximum atomic E-state index is 13.8. The van der Waals surface area contributed by atoms with E-state index in [0.717, 1.165) is 11.3 Å². The van der Waals surface area contributed by atoms with Crippen LogP contribution in [0.2, 0.25) is 5.02 Å². The Balaban J connectivity index is 1.52. The number of amides is 3. The second-order valence-corrected chi connectivity index (χ2v) is 8.98. The van der Waals surface area contributed by atoms with E-state index in [9.17, 15) is 24.5 Å². The quantitative estimate of drug-likeness (QED) is 0.426. The molecule has 0 bridgehead atoms. The Bertz CT molecular complexity index is 1230. The molecular weight excluding hydrogens is 436 g/mol. The van der Waals surface area contributed by atoms with Gasteiger partial charge in [-0.25, -0.2) is 4.90 Å². The lowest BCUT2D eigenvalue weighted by Crippen LogP contribution is -2.54. The van der Waals surface area contributed by atoms with Crippen molar-refractivity contribution >= 4 is 46.4 Å². The summed E-state index contributed by atoms with van der Waals surface area (Å²) >= 11 is 6.36. The van der Waals surface area contributed by atoms with Crippen LogP contribution in [0, 0.1) is 22.0 Å². The molecule has 6 rings (SSSR count). The van der Waals surface area contributed by atoms with Crippen molar-refractivity contribution in [2.24, 2.45) is 11.8 Å². The van der Waals surface area contributed by atoms with Crippen LogP contribution in [-0.2, 0) is 19.9 Å². The second kappa shape index (κ2) is 6.36. The summed E-state index contributed by atoms with van der Waals surface area (Å²) in [6.45, 7) is 0.606. The molecule has 0 aromatic heterocycles. The highest BCUT2D eigenvalue weighted by Gasteiger charge is 2.74. The van der Waals surface area contributed by atoms with Gasteiger partial charge in [0.05, 0.1) is 33.2 Å². The number of non-ortho nitro benzene ring substituents is 1. The molecule has 9 nitrogen and oxygen atoms in total. The Hall–Kier alpha value is -3.30. The molecule has 0 unspecified atom stereocenters. The van der Waals surface area contributed by atoms with E-state index in [1.54, 1.807) is 18.2 Å². The van der Waals surface area contributed by atoms with E-state index in [1.807, 2.05) is 4.90 Å². The minimum Gasteiger partial charge on any atom is -0.323 e. The first kappa shape index (κ1) is 19.4. The number of carbonyl (C=O) groups excluding carboxylic acids is 3. The predicted octanol–water partition coefficient (Wildman–Crippen LogP) is 2.68. The first-order valence-corrected chi connectivity index (χ1v) is 10.7. The topological polar surface area (TPSA) is 113 Å². The fraction of sp³-hybridized carbons (Fsp3) is 0.318. The highest BCUT2D eigenvalue weighted by Crippen LogP contribution is 2.61. The molecule has 0 aliphatic carbocycles. The van der Waals surface area contributed by atoms with Gasteiger partial charge in [0.2, 0.25) is 11.8 Å². The molecule has 4 aliphatic rings. The Morgan fingerprint density at radius 3 is 2.56 bits per heavy atom. The van der Waals surface area contributed by atoms with Gasteiger partial charge in [0.1, 0.15) is 5.54 Å². The van der Waals surface area contributed by atoms with Crippen LogP contribution < -0.4 is 10.2 Å². The number of nitro benzene ring substituents is 1. The summed E-state index contributed by atoms with van der Waals surface area (Å²) in [6.07, 6.45) is 1.52. The third kappa shape index (κ3) is 2.14. The lowest BCUT2D eigenvalue weighted by atomic mass is 9.75. The van der Waals surface area contributed by atoms with Crippen LogP contribution in [0.5, 0.6) is 0 Å². The molecule has 3 fully saturated rings. The molecule has 1 spiro atoms. The van der Waals surface area contributed by atoms with Crippen molar-refractivity contribution in [1.82, 2.24) is 4.90 Å². The van der Waals surface area contributed by atoms with Gasteiger partial charge in [-0.1, -0.05) is 23.7 Å². The smallest absolute Gasteiger partial charge is 0.269 e. The van der Waals surface area contributed by atoms with Gasteiger partial charge in [0.25, 0.3) is 11.6 Å². The van der Waals surface area contributed by atoms with Gasteiger partial charge in [-0.3, -0.25) is 29.4 Å². The van der Waals surface area contributed by atoms with Crippen molar-refractivity contribution in [3.63, 3.8) is 0 Å². The van der Waals surface area contributed by atoms with Crippen molar-refractivity contribution in [1.29, 1.82) is 0 Å². The number of anilines is 2. The maximum absolute atomic E-state index is 13.8. The monoisotopic (exact) mass is 452 g/mol. The summed E-state index contributed by atoms with van der Waals surface area (Å²) in [5.74, 6) is -2.74.